The van der Waals surface area contributed by atoms with Crippen molar-refractivity contribution in [3.63, 3.8) is 0 Å². The van der Waals surface area contributed by atoms with Gasteiger partial charge in [-0.3, -0.25) is 4.79 Å². The lowest BCUT2D eigenvalue weighted by Crippen LogP contribution is -2.45. The minimum Gasteiger partial charge on any atom is -0.381 e. The van der Waals surface area contributed by atoms with Crippen molar-refractivity contribution in [2.45, 2.75) is 23.4 Å². The number of hydrogen-bond donors (Lipinski definition) is 2. The molecule has 152 valence electrons. The van der Waals surface area contributed by atoms with E-state index in [4.69, 9.17) is 4.74 Å². The molecule has 1 amide bonds. The number of hydrogen-bond acceptors (Lipinski definition) is 4. The fraction of sp³-hybridized carbons (Fsp3) is 0.333. The molecule has 2 N–H and O–H groups in total. The minimum atomic E-state index is -0.944. The standard InChI is InChI=1S/C21H21F2N3O2S/c22-15-10-17-18(11-16(15)23)26-20(25-17)29-12-19(27)24-13-21(6-8-28-9-7-21)14-4-2-1-3-5-14/h1-5,10-11H,6-9,12-13H2,(H,24,27)(H,25,26). The van der Waals surface area contributed by atoms with E-state index < -0.39 is 11.6 Å². The third-order valence-electron chi connectivity index (χ3n) is 5.30. The molecule has 0 atom stereocenters. The molecule has 0 spiro atoms. The number of thioether (sulfide) groups is 1. The zero-order chi connectivity index (χ0) is 20.3. The topological polar surface area (TPSA) is 67.0 Å². The van der Waals surface area contributed by atoms with E-state index >= 15 is 0 Å². The molecule has 1 aromatic heterocycles. The Morgan fingerprint density at radius 3 is 2.66 bits per heavy atom. The Labute approximate surface area is 171 Å². The lowest BCUT2D eigenvalue weighted by atomic mass is 9.74. The summed E-state index contributed by atoms with van der Waals surface area (Å²) in [5.74, 6) is -1.83. The zero-order valence-corrected chi connectivity index (χ0v) is 16.5. The number of amides is 1. The van der Waals surface area contributed by atoms with Crippen molar-refractivity contribution in [3.8, 4) is 0 Å². The van der Waals surface area contributed by atoms with Crippen molar-refractivity contribution < 1.29 is 18.3 Å². The first-order chi connectivity index (χ1) is 14.1. The summed E-state index contributed by atoms with van der Waals surface area (Å²) in [4.78, 5) is 19.5. The molecule has 5 nitrogen and oxygen atoms in total. The van der Waals surface area contributed by atoms with Crippen LogP contribution in [-0.4, -0.2) is 41.4 Å². The van der Waals surface area contributed by atoms with Gasteiger partial charge >= 0.3 is 0 Å². The predicted molar refractivity (Wildman–Crippen MR) is 108 cm³/mol. The van der Waals surface area contributed by atoms with E-state index in [-0.39, 0.29) is 17.1 Å². The number of nitrogens with one attached hydrogen (secondary N) is 2. The number of carbonyl (C=O) groups is 1. The average Bonchev–Trinajstić information content (AvgIpc) is 3.14. The fourth-order valence-corrected chi connectivity index (χ4v) is 4.34. The highest BCUT2D eigenvalue weighted by molar-refractivity contribution is 7.99. The van der Waals surface area contributed by atoms with Crippen molar-refractivity contribution in [1.29, 1.82) is 0 Å². The second-order valence-electron chi connectivity index (χ2n) is 7.15. The van der Waals surface area contributed by atoms with E-state index in [9.17, 15) is 13.6 Å². The maximum absolute atomic E-state index is 13.3. The summed E-state index contributed by atoms with van der Waals surface area (Å²) < 4.78 is 32.2. The molecule has 0 bridgehead atoms. The number of aromatic amines is 1. The maximum Gasteiger partial charge on any atom is 0.230 e. The summed E-state index contributed by atoms with van der Waals surface area (Å²) in [6.45, 7) is 1.88. The number of ether oxygens (including phenoxy) is 1. The quantitative estimate of drug-likeness (QED) is 0.599. The van der Waals surface area contributed by atoms with Crippen LogP contribution < -0.4 is 5.32 Å². The van der Waals surface area contributed by atoms with Gasteiger partial charge in [-0.1, -0.05) is 42.1 Å². The molecular formula is C21H21F2N3O2S. The van der Waals surface area contributed by atoms with Crippen LogP contribution in [0.25, 0.3) is 11.0 Å². The largest absolute Gasteiger partial charge is 0.381 e. The van der Waals surface area contributed by atoms with Crippen molar-refractivity contribution >= 4 is 28.7 Å². The minimum absolute atomic E-state index is 0.116. The molecule has 1 aliphatic heterocycles. The maximum atomic E-state index is 13.3. The Bertz CT molecular complexity index is 965. The number of carbonyl (C=O) groups excluding carboxylic acids is 1. The number of H-pyrrole nitrogens is 1. The van der Waals surface area contributed by atoms with Gasteiger partial charge in [-0.05, 0) is 18.4 Å². The van der Waals surface area contributed by atoms with Crippen LogP contribution in [0.1, 0.15) is 18.4 Å². The molecule has 3 aromatic rings. The highest BCUT2D eigenvalue weighted by Crippen LogP contribution is 2.34. The van der Waals surface area contributed by atoms with Crippen molar-refractivity contribution in [2.75, 3.05) is 25.5 Å². The molecule has 8 heteroatoms. The van der Waals surface area contributed by atoms with Gasteiger partial charge in [-0.15, -0.1) is 0 Å². The Morgan fingerprint density at radius 2 is 1.90 bits per heavy atom. The van der Waals surface area contributed by atoms with Crippen molar-refractivity contribution in [1.82, 2.24) is 15.3 Å². The Hall–Kier alpha value is -2.45. The molecule has 0 radical (unpaired) electrons. The van der Waals surface area contributed by atoms with Gasteiger partial charge in [0.1, 0.15) is 0 Å². The van der Waals surface area contributed by atoms with Crippen LogP contribution in [0.5, 0.6) is 0 Å². The van der Waals surface area contributed by atoms with E-state index in [1.54, 1.807) is 0 Å². The molecule has 2 aromatic carbocycles. The smallest absolute Gasteiger partial charge is 0.230 e. The zero-order valence-electron chi connectivity index (χ0n) is 15.7. The summed E-state index contributed by atoms with van der Waals surface area (Å²) in [7, 11) is 0. The third-order valence-corrected chi connectivity index (χ3v) is 6.18. The summed E-state index contributed by atoms with van der Waals surface area (Å²) >= 11 is 1.20. The Kier molecular flexibility index (Phi) is 5.82. The average molecular weight is 417 g/mol. The third kappa shape index (κ3) is 4.43. The van der Waals surface area contributed by atoms with Gasteiger partial charge in [-0.25, -0.2) is 13.8 Å². The molecule has 1 saturated heterocycles. The van der Waals surface area contributed by atoms with Gasteiger partial charge in [0, 0.05) is 37.3 Å². The Balaban J connectivity index is 1.38. The molecule has 29 heavy (non-hydrogen) atoms. The molecule has 0 aliphatic carbocycles. The normalized spacial score (nSPS) is 16.1. The monoisotopic (exact) mass is 417 g/mol. The van der Waals surface area contributed by atoms with Crippen LogP contribution in [0.2, 0.25) is 0 Å². The first kappa shape index (κ1) is 19.8. The second kappa shape index (κ2) is 8.51. The van der Waals surface area contributed by atoms with Gasteiger partial charge in [0.25, 0.3) is 0 Å². The number of benzene rings is 2. The number of fused-ring (bicyclic) bond motifs is 1. The van der Waals surface area contributed by atoms with Crippen LogP contribution in [0.3, 0.4) is 0 Å². The molecule has 0 unspecified atom stereocenters. The van der Waals surface area contributed by atoms with Gasteiger partial charge < -0.3 is 15.0 Å². The van der Waals surface area contributed by atoms with E-state index in [0.717, 1.165) is 25.0 Å². The van der Waals surface area contributed by atoms with E-state index in [1.165, 1.54) is 17.3 Å². The Morgan fingerprint density at radius 1 is 1.17 bits per heavy atom. The highest BCUT2D eigenvalue weighted by atomic mass is 32.2. The van der Waals surface area contributed by atoms with Gasteiger partial charge in [-0.2, -0.15) is 0 Å². The highest BCUT2D eigenvalue weighted by Gasteiger charge is 2.34. The lowest BCUT2D eigenvalue weighted by Gasteiger charge is -2.38. The first-order valence-electron chi connectivity index (χ1n) is 9.43. The summed E-state index contributed by atoms with van der Waals surface area (Å²) in [5, 5.41) is 3.49. The SMILES string of the molecule is O=C(CSc1nc2cc(F)c(F)cc2[nH]1)NCC1(c2ccccc2)CCOCC1. The molecule has 1 aliphatic rings. The molecule has 0 saturated carbocycles. The van der Waals surface area contributed by atoms with Crippen LogP contribution in [-0.2, 0) is 14.9 Å². The number of nitrogens with zero attached hydrogens (tertiary/aromatic N) is 1. The van der Waals surface area contributed by atoms with Crippen LogP contribution >= 0.6 is 11.8 Å². The van der Waals surface area contributed by atoms with E-state index in [2.05, 4.69) is 27.4 Å². The number of aromatic nitrogens is 2. The van der Waals surface area contributed by atoms with Gasteiger partial charge in [0.15, 0.2) is 16.8 Å². The molecule has 4 rings (SSSR count). The van der Waals surface area contributed by atoms with E-state index in [0.29, 0.717) is 35.9 Å². The van der Waals surface area contributed by atoms with Gasteiger partial charge in [0.2, 0.25) is 5.91 Å². The van der Waals surface area contributed by atoms with Crippen LogP contribution in [0.4, 0.5) is 8.78 Å². The first-order valence-corrected chi connectivity index (χ1v) is 10.4. The summed E-state index contributed by atoms with van der Waals surface area (Å²) in [6.07, 6.45) is 1.70. The fourth-order valence-electron chi connectivity index (χ4n) is 3.62. The second-order valence-corrected chi connectivity index (χ2v) is 8.11. The molecular weight excluding hydrogens is 396 g/mol. The predicted octanol–water partition coefficient (Wildman–Crippen LogP) is 3.80. The summed E-state index contributed by atoms with van der Waals surface area (Å²) in [5.41, 5.74) is 1.81. The van der Waals surface area contributed by atoms with Crippen LogP contribution in [0.15, 0.2) is 47.6 Å². The lowest BCUT2D eigenvalue weighted by molar-refractivity contribution is -0.119. The number of rotatable bonds is 6. The van der Waals surface area contributed by atoms with Crippen molar-refractivity contribution in [2.24, 2.45) is 0 Å². The van der Waals surface area contributed by atoms with E-state index in [1.807, 2.05) is 18.2 Å². The van der Waals surface area contributed by atoms with Gasteiger partial charge in [0.05, 0.1) is 16.8 Å². The summed E-state index contributed by atoms with van der Waals surface area (Å²) in [6, 6.07) is 12.3. The molecule has 1 fully saturated rings. The number of halogens is 2. The molecule has 2 heterocycles. The van der Waals surface area contributed by atoms with Crippen LogP contribution in [0, 0.1) is 11.6 Å². The number of imidazole rings is 1. The van der Waals surface area contributed by atoms with Crippen molar-refractivity contribution in [3.05, 3.63) is 59.7 Å².